The summed E-state index contributed by atoms with van der Waals surface area (Å²) in [7, 11) is -2.31. The van der Waals surface area contributed by atoms with Gasteiger partial charge < -0.3 is 14.1 Å². The summed E-state index contributed by atoms with van der Waals surface area (Å²) in [5.41, 5.74) is 2.69. The number of hydrogen-bond acceptors (Lipinski definition) is 8. The Morgan fingerprint density at radius 2 is 1.70 bits per heavy atom. The maximum Gasteiger partial charge on any atom is 0.375 e. The van der Waals surface area contributed by atoms with Crippen LogP contribution in [0.5, 0.6) is 0 Å². The lowest BCUT2D eigenvalue weighted by molar-refractivity contribution is 0.0491. The molecule has 6 rings (SSSR count). The van der Waals surface area contributed by atoms with Crippen molar-refractivity contribution in [3.8, 4) is 22.6 Å². The zero-order chi connectivity index (χ0) is 32.8. The molecule has 0 saturated carbocycles. The molecule has 0 aliphatic carbocycles. The van der Waals surface area contributed by atoms with E-state index in [0.717, 1.165) is 15.0 Å². The van der Waals surface area contributed by atoms with Gasteiger partial charge in [-0.1, -0.05) is 51.1 Å². The van der Waals surface area contributed by atoms with Gasteiger partial charge in [0, 0.05) is 36.1 Å². The van der Waals surface area contributed by atoms with Gasteiger partial charge in [-0.05, 0) is 59.9 Å². The number of aromatic nitrogens is 4. The van der Waals surface area contributed by atoms with E-state index in [9.17, 15) is 18.0 Å². The zero-order valence-corrected chi connectivity index (χ0v) is 26.9. The molecule has 0 aliphatic rings. The van der Waals surface area contributed by atoms with Gasteiger partial charge in [-0.3, -0.25) is 4.57 Å². The summed E-state index contributed by atoms with van der Waals surface area (Å²) in [4.78, 5) is 31.9. The molecular weight excluding hydrogens is 606 g/mol. The van der Waals surface area contributed by atoms with Crippen LogP contribution in [-0.4, -0.2) is 64.3 Å². The average molecular weight is 640 g/mol. The van der Waals surface area contributed by atoms with E-state index in [1.807, 2.05) is 30.3 Å². The molecule has 12 heteroatoms. The average Bonchev–Trinajstić information content (AvgIpc) is 3.78. The highest BCUT2D eigenvalue weighted by molar-refractivity contribution is 7.90. The normalized spacial score (nSPS) is 12.1. The summed E-state index contributed by atoms with van der Waals surface area (Å²) >= 11 is 0. The minimum Gasteiger partial charge on any atom is -0.460 e. The number of ether oxygens (including phenoxy) is 1. The Morgan fingerprint density at radius 1 is 0.935 bits per heavy atom. The minimum atomic E-state index is -4.08. The summed E-state index contributed by atoms with van der Waals surface area (Å²) < 4.78 is 41.0. The molecule has 0 unspecified atom stereocenters. The molecule has 236 valence electrons. The summed E-state index contributed by atoms with van der Waals surface area (Å²) in [6.07, 6.45) is 4.44. The molecule has 0 spiro atoms. The van der Waals surface area contributed by atoms with Gasteiger partial charge in [0.15, 0.2) is 0 Å². The SMILES string of the molecule is CCOC(=O)c1cnc(-c2cc(-c3cccc4c3ccn4C(=O)N(C)CC(C)(C)C)cc3c2cnn3S(=O)(=O)c2ccccc2)o1. The summed E-state index contributed by atoms with van der Waals surface area (Å²) in [6.45, 7) is 8.63. The van der Waals surface area contributed by atoms with E-state index in [2.05, 4.69) is 30.9 Å². The lowest BCUT2D eigenvalue weighted by atomic mass is 9.96. The van der Waals surface area contributed by atoms with Crippen molar-refractivity contribution in [3.63, 3.8) is 0 Å². The molecule has 3 aromatic carbocycles. The van der Waals surface area contributed by atoms with Gasteiger partial charge in [-0.25, -0.2) is 14.6 Å². The molecule has 0 radical (unpaired) electrons. The quantitative estimate of drug-likeness (QED) is 0.177. The van der Waals surface area contributed by atoms with Crippen molar-refractivity contribution in [2.45, 2.75) is 32.6 Å². The Kier molecular flexibility index (Phi) is 7.77. The van der Waals surface area contributed by atoms with Crippen LogP contribution in [0, 0.1) is 5.41 Å². The standard InChI is InChI=1S/C34H33N5O6S/c1-6-44-32(40)30-20-35-31(45-30)26-17-22(18-29-27(26)19-36-39(29)46(42,43)23-11-8-7-9-12-23)24-13-10-14-28-25(24)15-16-38(28)33(41)37(5)21-34(2,3)4/h7-20H,6,21H2,1-5H3. The number of esters is 1. The number of carbonyl (C=O) groups excluding carboxylic acids is 2. The third kappa shape index (κ3) is 5.56. The largest absolute Gasteiger partial charge is 0.460 e. The fourth-order valence-corrected chi connectivity index (χ4v) is 6.85. The van der Waals surface area contributed by atoms with Gasteiger partial charge in [0.05, 0.1) is 34.9 Å². The highest BCUT2D eigenvalue weighted by atomic mass is 32.2. The summed E-state index contributed by atoms with van der Waals surface area (Å²) in [6, 6.07) is 18.9. The Bertz CT molecular complexity index is 2210. The number of hydrogen-bond donors (Lipinski definition) is 0. The predicted octanol–water partition coefficient (Wildman–Crippen LogP) is 6.67. The van der Waals surface area contributed by atoms with Crippen LogP contribution in [0.2, 0.25) is 0 Å². The Labute approximate surface area is 266 Å². The van der Waals surface area contributed by atoms with Gasteiger partial charge in [0.1, 0.15) is 0 Å². The molecule has 11 nitrogen and oxygen atoms in total. The number of nitrogens with zero attached hydrogens (tertiary/aromatic N) is 5. The second-order valence-corrected chi connectivity index (χ2v) is 13.9. The van der Waals surface area contributed by atoms with Crippen LogP contribution >= 0.6 is 0 Å². The Balaban J connectivity index is 1.55. The molecule has 0 aliphatic heterocycles. The van der Waals surface area contributed by atoms with Crippen LogP contribution in [-0.2, 0) is 14.8 Å². The number of fused-ring (bicyclic) bond motifs is 2. The van der Waals surface area contributed by atoms with E-state index < -0.39 is 16.0 Å². The molecule has 0 N–H and O–H groups in total. The molecule has 3 heterocycles. The van der Waals surface area contributed by atoms with Crippen LogP contribution in [0.4, 0.5) is 4.79 Å². The van der Waals surface area contributed by atoms with E-state index in [1.165, 1.54) is 24.5 Å². The van der Waals surface area contributed by atoms with Crippen LogP contribution < -0.4 is 0 Å². The van der Waals surface area contributed by atoms with Crippen molar-refractivity contribution in [1.29, 1.82) is 0 Å². The zero-order valence-electron chi connectivity index (χ0n) is 26.1. The molecule has 0 saturated heterocycles. The van der Waals surface area contributed by atoms with Crippen molar-refractivity contribution in [2.24, 2.45) is 5.41 Å². The topological polar surface area (TPSA) is 130 Å². The van der Waals surface area contributed by atoms with Crippen LogP contribution in [0.3, 0.4) is 0 Å². The van der Waals surface area contributed by atoms with Gasteiger partial charge >= 0.3 is 12.0 Å². The first kappa shape index (κ1) is 30.8. The van der Waals surface area contributed by atoms with E-state index in [4.69, 9.17) is 9.15 Å². The van der Waals surface area contributed by atoms with Crippen LogP contribution in [0.1, 0.15) is 38.2 Å². The minimum absolute atomic E-state index is 0.0738. The second kappa shape index (κ2) is 11.6. The molecule has 6 aromatic rings. The van der Waals surface area contributed by atoms with Crippen LogP contribution in [0.25, 0.3) is 44.4 Å². The second-order valence-electron chi connectivity index (χ2n) is 12.1. The van der Waals surface area contributed by atoms with Gasteiger partial charge in [0.2, 0.25) is 11.7 Å². The van der Waals surface area contributed by atoms with Crippen molar-refractivity contribution < 1.29 is 27.2 Å². The fraction of sp³-hybridized carbons (Fsp3) is 0.235. The fourth-order valence-electron chi connectivity index (χ4n) is 5.56. The van der Waals surface area contributed by atoms with Gasteiger partial charge in [0.25, 0.3) is 10.0 Å². The number of benzene rings is 3. The molecule has 46 heavy (non-hydrogen) atoms. The highest BCUT2D eigenvalue weighted by Crippen LogP contribution is 2.38. The maximum atomic E-state index is 13.8. The lowest BCUT2D eigenvalue weighted by Crippen LogP contribution is -2.36. The third-order valence-electron chi connectivity index (χ3n) is 7.43. The van der Waals surface area contributed by atoms with Crippen molar-refractivity contribution in [1.82, 2.24) is 23.6 Å². The third-order valence-corrected chi connectivity index (χ3v) is 9.04. The van der Waals surface area contributed by atoms with E-state index in [-0.39, 0.29) is 40.1 Å². The van der Waals surface area contributed by atoms with E-state index in [1.54, 1.807) is 53.9 Å². The smallest absolute Gasteiger partial charge is 0.375 e. The lowest BCUT2D eigenvalue weighted by Gasteiger charge is -2.26. The number of amides is 1. The monoisotopic (exact) mass is 639 g/mol. The van der Waals surface area contributed by atoms with Crippen LogP contribution in [0.15, 0.2) is 94.6 Å². The van der Waals surface area contributed by atoms with Crippen molar-refractivity contribution in [3.05, 3.63) is 91.1 Å². The molecule has 1 amide bonds. The van der Waals surface area contributed by atoms with Crippen molar-refractivity contribution in [2.75, 3.05) is 20.2 Å². The predicted molar refractivity (Wildman–Crippen MR) is 174 cm³/mol. The first-order valence-corrected chi connectivity index (χ1v) is 16.1. The number of rotatable bonds is 7. The van der Waals surface area contributed by atoms with Gasteiger partial charge in [-0.15, -0.1) is 0 Å². The molecule has 0 bridgehead atoms. The van der Waals surface area contributed by atoms with E-state index >= 15 is 0 Å². The first-order valence-electron chi connectivity index (χ1n) is 14.7. The molecular formula is C34H33N5O6S. The van der Waals surface area contributed by atoms with E-state index in [0.29, 0.717) is 28.6 Å². The maximum absolute atomic E-state index is 13.8. The summed E-state index contributed by atoms with van der Waals surface area (Å²) in [5.74, 6) is -0.657. The number of oxazole rings is 1. The number of carbonyl (C=O) groups is 2. The summed E-state index contributed by atoms with van der Waals surface area (Å²) in [5, 5.41) is 5.52. The molecule has 0 atom stereocenters. The highest BCUT2D eigenvalue weighted by Gasteiger charge is 2.26. The molecule has 3 aromatic heterocycles. The van der Waals surface area contributed by atoms with Crippen molar-refractivity contribution >= 4 is 43.8 Å². The first-order chi connectivity index (χ1) is 21.9. The Morgan fingerprint density at radius 3 is 2.41 bits per heavy atom. The van der Waals surface area contributed by atoms with Gasteiger partial charge in [-0.2, -0.15) is 17.6 Å². The molecule has 0 fully saturated rings. The Hall–Kier alpha value is -5.23.